The van der Waals surface area contributed by atoms with Gasteiger partial charge in [0.2, 0.25) is 15.9 Å². The average molecular weight is 446 g/mol. The predicted molar refractivity (Wildman–Crippen MR) is 122 cm³/mol. The number of amides is 1. The van der Waals surface area contributed by atoms with Crippen LogP contribution in [0.25, 0.3) is 0 Å². The summed E-state index contributed by atoms with van der Waals surface area (Å²) in [6.45, 7) is 5.37. The molecule has 168 valence electrons. The highest BCUT2D eigenvalue weighted by Crippen LogP contribution is 2.30. The van der Waals surface area contributed by atoms with Gasteiger partial charge in [0, 0.05) is 19.1 Å². The zero-order valence-corrected chi connectivity index (χ0v) is 19.0. The third-order valence-corrected chi connectivity index (χ3v) is 7.24. The molecule has 1 heterocycles. The van der Waals surface area contributed by atoms with Gasteiger partial charge in [-0.05, 0) is 50.5 Å². The van der Waals surface area contributed by atoms with Crippen molar-refractivity contribution in [2.45, 2.75) is 44.0 Å². The minimum atomic E-state index is -3.60. The maximum Gasteiger partial charge on any atom is 0.243 e. The van der Waals surface area contributed by atoms with Crippen molar-refractivity contribution in [3.8, 4) is 5.75 Å². The summed E-state index contributed by atoms with van der Waals surface area (Å²) in [6, 6.07) is 14.5. The maximum absolute atomic E-state index is 13.0. The number of rotatable bonds is 9. The number of piperidine rings is 1. The Morgan fingerprint density at radius 3 is 2.48 bits per heavy atom. The number of nitrogens with zero attached hydrogens (tertiary/aromatic N) is 1. The topological polar surface area (TPSA) is 87.7 Å². The molecule has 0 saturated carbocycles. The van der Waals surface area contributed by atoms with Crippen LogP contribution in [0, 0.1) is 0 Å². The van der Waals surface area contributed by atoms with E-state index in [1.54, 1.807) is 12.1 Å². The Balaban J connectivity index is 1.72. The van der Waals surface area contributed by atoms with Crippen LogP contribution in [0.3, 0.4) is 0 Å². The number of hydrogen-bond acceptors (Lipinski definition) is 5. The lowest BCUT2D eigenvalue weighted by Gasteiger charge is -2.26. The minimum Gasteiger partial charge on any atom is -0.492 e. The average Bonchev–Trinajstić information content (AvgIpc) is 2.80. The summed E-state index contributed by atoms with van der Waals surface area (Å²) < 4.78 is 33.2. The molecule has 31 heavy (non-hydrogen) atoms. The highest BCUT2D eigenvalue weighted by atomic mass is 32.2. The third kappa shape index (κ3) is 6.06. The van der Waals surface area contributed by atoms with E-state index in [1.165, 1.54) is 10.4 Å². The number of benzene rings is 2. The van der Waals surface area contributed by atoms with Crippen molar-refractivity contribution in [1.82, 2.24) is 9.62 Å². The van der Waals surface area contributed by atoms with Crippen LogP contribution in [0.5, 0.6) is 5.75 Å². The van der Waals surface area contributed by atoms with E-state index in [1.807, 2.05) is 44.2 Å². The Hall–Kier alpha value is -2.42. The van der Waals surface area contributed by atoms with Gasteiger partial charge in [0.15, 0.2) is 0 Å². The Bertz CT molecular complexity index is 974. The van der Waals surface area contributed by atoms with Crippen molar-refractivity contribution in [2.75, 3.05) is 31.6 Å². The molecule has 0 bridgehead atoms. The number of ether oxygens (including phenoxy) is 1. The van der Waals surface area contributed by atoms with Gasteiger partial charge in [-0.25, -0.2) is 8.42 Å². The molecule has 0 aromatic heterocycles. The molecule has 1 atom stereocenters. The first-order valence-electron chi connectivity index (χ1n) is 10.8. The van der Waals surface area contributed by atoms with Crippen LogP contribution in [0.1, 0.15) is 44.7 Å². The van der Waals surface area contributed by atoms with E-state index in [2.05, 4.69) is 10.6 Å². The lowest BCUT2D eigenvalue weighted by atomic mass is 10.1. The van der Waals surface area contributed by atoms with Crippen LogP contribution in [0.15, 0.2) is 53.4 Å². The van der Waals surface area contributed by atoms with Crippen LogP contribution >= 0.6 is 0 Å². The van der Waals surface area contributed by atoms with Gasteiger partial charge in [0.25, 0.3) is 0 Å². The monoisotopic (exact) mass is 445 g/mol. The molecule has 3 rings (SSSR count). The highest BCUT2D eigenvalue weighted by Gasteiger charge is 2.27. The third-order valence-electron chi connectivity index (χ3n) is 5.35. The van der Waals surface area contributed by atoms with E-state index >= 15 is 0 Å². The number of carbonyl (C=O) groups excluding carboxylic acids is 1. The molecular weight excluding hydrogens is 414 g/mol. The summed E-state index contributed by atoms with van der Waals surface area (Å²) in [5.74, 6) is 0.181. The second kappa shape index (κ2) is 10.7. The Kier molecular flexibility index (Phi) is 8.06. The Morgan fingerprint density at radius 2 is 1.81 bits per heavy atom. The zero-order valence-electron chi connectivity index (χ0n) is 18.1. The van der Waals surface area contributed by atoms with Gasteiger partial charge in [-0.2, -0.15) is 4.31 Å². The van der Waals surface area contributed by atoms with Crippen LogP contribution < -0.4 is 15.4 Å². The van der Waals surface area contributed by atoms with Crippen LogP contribution in [-0.2, 0) is 14.8 Å². The van der Waals surface area contributed by atoms with Crippen molar-refractivity contribution >= 4 is 21.6 Å². The Morgan fingerprint density at radius 1 is 1.10 bits per heavy atom. The molecule has 1 unspecified atom stereocenters. The van der Waals surface area contributed by atoms with Crippen molar-refractivity contribution in [3.05, 3.63) is 54.1 Å². The van der Waals surface area contributed by atoms with Crippen molar-refractivity contribution in [3.63, 3.8) is 0 Å². The SMILES string of the molecule is CCOc1ccc(S(=O)(=O)N2CCCCC2)cc1NC(=O)CNC(C)c1ccccc1. The molecule has 1 amide bonds. The van der Waals surface area contributed by atoms with Gasteiger partial charge in [0.1, 0.15) is 5.75 Å². The van der Waals surface area contributed by atoms with Gasteiger partial charge in [-0.3, -0.25) is 4.79 Å². The van der Waals surface area contributed by atoms with E-state index in [0.717, 1.165) is 24.8 Å². The Labute approximate surface area is 184 Å². The quantitative estimate of drug-likeness (QED) is 0.616. The molecule has 2 N–H and O–H groups in total. The van der Waals surface area contributed by atoms with Crippen molar-refractivity contribution < 1.29 is 17.9 Å². The molecule has 0 radical (unpaired) electrons. The molecule has 2 aromatic carbocycles. The summed E-state index contributed by atoms with van der Waals surface area (Å²) in [5, 5.41) is 6.00. The largest absolute Gasteiger partial charge is 0.492 e. The lowest BCUT2D eigenvalue weighted by Crippen LogP contribution is -2.35. The second-order valence-electron chi connectivity index (χ2n) is 7.62. The molecule has 7 nitrogen and oxygen atoms in total. The molecule has 1 aliphatic rings. The molecule has 1 fully saturated rings. The standard InChI is InChI=1S/C23H31N3O4S/c1-3-30-22-13-12-20(31(28,29)26-14-8-5-9-15-26)16-21(22)25-23(27)17-24-18(2)19-10-6-4-7-11-19/h4,6-7,10-13,16,18,24H,3,5,8-9,14-15,17H2,1-2H3,(H,25,27). The molecule has 1 aliphatic heterocycles. The molecule has 0 aliphatic carbocycles. The van der Waals surface area contributed by atoms with Gasteiger partial charge >= 0.3 is 0 Å². The van der Waals surface area contributed by atoms with Crippen LogP contribution in [-0.4, -0.2) is 44.9 Å². The van der Waals surface area contributed by atoms with Gasteiger partial charge in [-0.15, -0.1) is 0 Å². The normalized spacial score (nSPS) is 15.9. The predicted octanol–water partition coefficient (Wildman–Crippen LogP) is 3.55. The number of hydrogen-bond donors (Lipinski definition) is 2. The first-order valence-corrected chi connectivity index (χ1v) is 12.2. The first kappa shape index (κ1) is 23.2. The van der Waals surface area contributed by atoms with Crippen LogP contribution in [0.4, 0.5) is 5.69 Å². The molecular formula is C23H31N3O4S. The number of anilines is 1. The molecule has 2 aromatic rings. The summed E-state index contributed by atoms with van der Waals surface area (Å²) in [5.41, 5.74) is 1.44. The van der Waals surface area contributed by atoms with E-state index < -0.39 is 10.0 Å². The van der Waals surface area contributed by atoms with E-state index in [0.29, 0.717) is 31.1 Å². The fraction of sp³-hybridized carbons (Fsp3) is 0.435. The highest BCUT2D eigenvalue weighted by molar-refractivity contribution is 7.89. The maximum atomic E-state index is 13.0. The number of carbonyl (C=O) groups is 1. The summed E-state index contributed by atoms with van der Waals surface area (Å²) >= 11 is 0. The summed E-state index contributed by atoms with van der Waals surface area (Å²) in [6.07, 6.45) is 2.78. The van der Waals surface area contributed by atoms with Crippen molar-refractivity contribution in [1.29, 1.82) is 0 Å². The van der Waals surface area contributed by atoms with E-state index in [-0.39, 0.29) is 23.4 Å². The van der Waals surface area contributed by atoms with E-state index in [4.69, 9.17) is 4.74 Å². The minimum absolute atomic E-state index is 0.00382. The van der Waals surface area contributed by atoms with E-state index in [9.17, 15) is 13.2 Å². The van der Waals surface area contributed by atoms with Crippen LogP contribution in [0.2, 0.25) is 0 Å². The summed E-state index contributed by atoms with van der Waals surface area (Å²) in [7, 11) is -3.60. The van der Waals surface area contributed by atoms with Gasteiger partial charge in [-0.1, -0.05) is 36.8 Å². The molecule has 8 heteroatoms. The second-order valence-corrected chi connectivity index (χ2v) is 9.56. The molecule has 0 spiro atoms. The summed E-state index contributed by atoms with van der Waals surface area (Å²) in [4.78, 5) is 12.7. The number of nitrogens with one attached hydrogen (secondary N) is 2. The molecule has 1 saturated heterocycles. The fourth-order valence-electron chi connectivity index (χ4n) is 3.60. The van der Waals surface area contributed by atoms with Crippen molar-refractivity contribution in [2.24, 2.45) is 0 Å². The smallest absolute Gasteiger partial charge is 0.243 e. The lowest BCUT2D eigenvalue weighted by molar-refractivity contribution is -0.115. The first-order chi connectivity index (χ1) is 14.9. The zero-order chi connectivity index (χ0) is 22.3. The van der Waals surface area contributed by atoms with Gasteiger partial charge in [0.05, 0.1) is 23.7 Å². The van der Waals surface area contributed by atoms with Gasteiger partial charge < -0.3 is 15.4 Å². The fourth-order valence-corrected chi connectivity index (χ4v) is 5.15. The number of sulfonamides is 1.